The zero-order valence-corrected chi connectivity index (χ0v) is 20.3. The maximum atomic E-state index is 14.0. The van der Waals surface area contributed by atoms with E-state index in [2.05, 4.69) is 5.32 Å². The molecule has 0 spiro atoms. The number of ether oxygens (including phenoxy) is 1. The molecule has 0 unspecified atom stereocenters. The normalized spacial score (nSPS) is 15.4. The second-order valence-corrected chi connectivity index (χ2v) is 10.4. The third-order valence-electron chi connectivity index (χ3n) is 5.80. The van der Waals surface area contributed by atoms with Gasteiger partial charge in [0.1, 0.15) is 11.6 Å². The monoisotopic (exact) mass is 496 g/mol. The Hall–Kier alpha value is -2.16. The molecule has 1 saturated heterocycles. The average Bonchev–Trinajstić information content (AvgIpc) is 2.80. The molecule has 1 N–H and O–H groups in total. The average molecular weight is 497 g/mol. The van der Waals surface area contributed by atoms with Crippen molar-refractivity contribution in [2.45, 2.75) is 38.4 Å². The summed E-state index contributed by atoms with van der Waals surface area (Å²) < 4.78 is 46.4. The van der Waals surface area contributed by atoms with Crippen molar-refractivity contribution < 1.29 is 22.3 Å². The van der Waals surface area contributed by atoms with E-state index in [4.69, 9.17) is 16.3 Å². The molecular formula is C24H30ClFN2O4S. The molecule has 0 aliphatic carbocycles. The highest BCUT2D eigenvalue weighted by atomic mass is 35.5. The fourth-order valence-electron chi connectivity index (χ4n) is 3.98. The largest absolute Gasteiger partial charge is 0.494 e. The number of carbonyl (C=O) groups is 1. The Kier molecular flexibility index (Phi) is 9.11. The van der Waals surface area contributed by atoms with Crippen LogP contribution in [0.3, 0.4) is 0 Å². The molecule has 6 nitrogen and oxygen atoms in total. The van der Waals surface area contributed by atoms with E-state index in [1.54, 1.807) is 0 Å². The first kappa shape index (κ1) is 25.5. The summed E-state index contributed by atoms with van der Waals surface area (Å²) in [5, 5.41) is 3.06. The highest BCUT2D eigenvalue weighted by molar-refractivity contribution is 7.88. The number of nitrogens with zero attached hydrogens (tertiary/aromatic N) is 1. The maximum absolute atomic E-state index is 14.0. The summed E-state index contributed by atoms with van der Waals surface area (Å²) >= 11 is 5.98. The molecule has 33 heavy (non-hydrogen) atoms. The number of piperidine rings is 1. The van der Waals surface area contributed by atoms with E-state index in [-0.39, 0.29) is 35.5 Å². The number of sulfonamides is 1. The lowest BCUT2D eigenvalue weighted by Gasteiger charge is -2.30. The molecule has 1 amide bonds. The zero-order chi connectivity index (χ0) is 23.8. The first-order valence-corrected chi connectivity index (χ1v) is 13.2. The number of para-hydroxylation sites is 1. The fraction of sp³-hybridized carbons (Fsp3) is 0.458. The van der Waals surface area contributed by atoms with Crippen molar-refractivity contribution in [3.63, 3.8) is 0 Å². The van der Waals surface area contributed by atoms with Gasteiger partial charge in [-0.15, -0.1) is 0 Å². The molecule has 0 bridgehead atoms. The van der Waals surface area contributed by atoms with Crippen LogP contribution in [0.4, 0.5) is 4.39 Å². The van der Waals surface area contributed by atoms with Crippen molar-refractivity contribution in [2.24, 2.45) is 5.92 Å². The van der Waals surface area contributed by atoms with Gasteiger partial charge in [0, 0.05) is 36.1 Å². The molecule has 0 aromatic heterocycles. The van der Waals surface area contributed by atoms with Crippen molar-refractivity contribution in [1.82, 2.24) is 9.62 Å². The number of benzene rings is 2. The third kappa shape index (κ3) is 6.91. The Labute approximate surface area is 200 Å². The lowest BCUT2D eigenvalue weighted by atomic mass is 9.97. The Balaban J connectivity index is 1.44. The Bertz CT molecular complexity index is 1040. The first-order chi connectivity index (χ1) is 15.8. The van der Waals surface area contributed by atoms with Crippen LogP contribution in [0.2, 0.25) is 5.02 Å². The standard InChI is InChI=1S/C24H30ClFN2O4S/c1-2-32-23-11-4-3-7-18(23)8-6-14-27-24(29)19-12-15-28(16-13-19)33(30,31)17-20-21(25)9-5-10-22(20)26/h3-5,7,9-11,19H,2,6,8,12-17H2,1H3,(H,27,29). The summed E-state index contributed by atoms with van der Waals surface area (Å²) in [6, 6.07) is 12.0. The minimum Gasteiger partial charge on any atom is -0.494 e. The van der Waals surface area contributed by atoms with Crippen LogP contribution in [0.15, 0.2) is 42.5 Å². The number of rotatable bonds is 10. The van der Waals surface area contributed by atoms with Crippen LogP contribution < -0.4 is 10.1 Å². The van der Waals surface area contributed by atoms with Gasteiger partial charge in [0.25, 0.3) is 0 Å². The molecule has 1 heterocycles. The van der Waals surface area contributed by atoms with Crippen LogP contribution in [0.5, 0.6) is 5.75 Å². The van der Waals surface area contributed by atoms with Gasteiger partial charge in [-0.05, 0) is 56.4 Å². The lowest BCUT2D eigenvalue weighted by Crippen LogP contribution is -2.43. The van der Waals surface area contributed by atoms with Crippen molar-refractivity contribution >= 4 is 27.5 Å². The van der Waals surface area contributed by atoms with Gasteiger partial charge in [-0.25, -0.2) is 17.1 Å². The molecule has 1 fully saturated rings. The molecular weight excluding hydrogens is 467 g/mol. The second kappa shape index (κ2) is 11.8. The Morgan fingerprint density at radius 1 is 1.18 bits per heavy atom. The maximum Gasteiger partial charge on any atom is 0.223 e. The third-order valence-corrected chi connectivity index (χ3v) is 7.96. The zero-order valence-electron chi connectivity index (χ0n) is 18.7. The molecule has 0 atom stereocenters. The second-order valence-electron chi connectivity index (χ2n) is 8.07. The van der Waals surface area contributed by atoms with E-state index in [1.165, 1.54) is 22.5 Å². The lowest BCUT2D eigenvalue weighted by molar-refractivity contribution is -0.126. The summed E-state index contributed by atoms with van der Waals surface area (Å²) in [7, 11) is -3.73. The summed E-state index contributed by atoms with van der Waals surface area (Å²) in [5.74, 6) is -0.536. The van der Waals surface area contributed by atoms with Gasteiger partial charge in [0.05, 0.1) is 12.4 Å². The number of halogens is 2. The molecule has 1 aliphatic rings. The summed E-state index contributed by atoms with van der Waals surface area (Å²) in [4.78, 5) is 12.5. The number of hydrogen-bond donors (Lipinski definition) is 1. The highest BCUT2D eigenvalue weighted by Crippen LogP contribution is 2.26. The molecule has 9 heteroatoms. The van der Waals surface area contributed by atoms with Gasteiger partial charge in [-0.3, -0.25) is 4.79 Å². The molecule has 2 aromatic rings. The van der Waals surface area contributed by atoms with Gasteiger partial charge >= 0.3 is 0 Å². The summed E-state index contributed by atoms with van der Waals surface area (Å²) in [5.41, 5.74) is 1.09. The summed E-state index contributed by atoms with van der Waals surface area (Å²) in [6.45, 7) is 3.56. The Morgan fingerprint density at radius 2 is 1.91 bits per heavy atom. The number of nitrogens with one attached hydrogen (secondary N) is 1. The van der Waals surface area contributed by atoms with Gasteiger partial charge < -0.3 is 10.1 Å². The van der Waals surface area contributed by atoms with Gasteiger partial charge in [0.2, 0.25) is 15.9 Å². The van der Waals surface area contributed by atoms with E-state index in [9.17, 15) is 17.6 Å². The van der Waals surface area contributed by atoms with E-state index in [0.29, 0.717) is 26.0 Å². The van der Waals surface area contributed by atoms with Crippen molar-refractivity contribution in [3.05, 3.63) is 64.4 Å². The SMILES string of the molecule is CCOc1ccccc1CCCNC(=O)C1CCN(S(=O)(=O)Cc2c(F)cccc2Cl)CC1. The molecule has 180 valence electrons. The summed E-state index contributed by atoms with van der Waals surface area (Å²) in [6.07, 6.45) is 2.45. The van der Waals surface area contributed by atoms with Crippen LogP contribution in [-0.2, 0) is 27.0 Å². The number of aryl methyl sites for hydroxylation is 1. The molecule has 1 aliphatic heterocycles. The van der Waals surface area contributed by atoms with E-state index >= 15 is 0 Å². The molecule has 2 aromatic carbocycles. The molecule has 0 radical (unpaired) electrons. The van der Waals surface area contributed by atoms with Crippen LogP contribution in [-0.4, -0.2) is 44.9 Å². The van der Waals surface area contributed by atoms with Crippen LogP contribution in [0, 0.1) is 11.7 Å². The first-order valence-electron chi connectivity index (χ1n) is 11.2. The predicted octanol–water partition coefficient (Wildman–Crippen LogP) is 4.17. The van der Waals surface area contributed by atoms with Gasteiger partial charge in [0.15, 0.2) is 0 Å². The van der Waals surface area contributed by atoms with Crippen LogP contribution in [0.25, 0.3) is 0 Å². The van der Waals surface area contributed by atoms with Crippen LogP contribution >= 0.6 is 11.6 Å². The van der Waals surface area contributed by atoms with Crippen molar-refractivity contribution in [2.75, 3.05) is 26.2 Å². The van der Waals surface area contributed by atoms with E-state index < -0.39 is 21.6 Å². The number of hydrogen-bond acceptors (Lipinski definition) is 4. The Morgan fingerprint density at radius 3 is 2.61 bits per heavy atom. The number of amides is 1. The molecule has 0 saturated carbocycles. The van der Waals surface area contributed by atoms with Gasteiger partial charge in [-0.2, -0.15) is 0 Å². The van der Waals surface area contributed by atoms with Crippen molar-refractivity contribution in [1.29, 1.82) is 0 Å². The van der Waals surface area contributed by atoms with Crippen molar-refractivity contribution in [3.8, 4) is 5.75 Å². The molecule has 3 rings (SSSR count). The predicted molar refractivity (Wildman–Crippen MR) is 127 cm³/mol. The van der Waals surface area contributed by atoms with Crippen LogP contribution in [0.1, 0.15) is 37.3 Å². The minimum atomic E-state index is -3.73. The topological polar surface area (TPSA) is 75.7 Å². The van der Waals surface area contributed by atoms with Gasteiger partial charge in [-0.1, -0.05) is 35.9 Å². The quantitative estimate of drug-likeness (QED) is 0.501. The smallest absolute Gasteiger partial charge is 0.223 e. The number of carbonyl (C=O) groups excluding carboxylic acids is 1. The highest BCUT2D eigenvalue weighted by Gasteiger charge is 2.32. The van der Waals surface area contributed by atoms with E-state index in [0.717, 1.165) is 24.2 Å². The van der Waals surface area contributed by atoms with E-state index in [1.807, 2.05) is 31.2 Å². The minimum absolute atomic E-state index is 0.0232. The fourth-order valence-corrected chi connectivity index (χ4v) is 5.90.